The van der Waals surface area contributed by atoms with E-state index >= 15 is 0 Å². The lowest BCUT2D eigenvalue weighted by Gasteiger charge is -2.43. The topological polar surface area (TPSA) is 343 Å². The molecule has 20 nitrogen and oxygen atoms in total. The van der Waals surface area contributed by atoms with Crippen molar-refractivity contribution < 1.29 is 98.8 Å². The summed E-state index contributed by atoms with van der Waals surface area (Å²) in [6, 6.07) is 0. The van der Waals surface area contributed by atoms with Gasteiger partial charge in [0, 0.05) is 0 Å². The molecule has 21 heteroatoms. The van der Waals surface area contributed by atoms with Gasteiger partial charge in [-0.3, -0.25) is 9.42 Å². The van der Waals surface area contributed by atoms with Crippen molar-refractivity contribution in [1.82, 2.24) is 0 Å². The van der Waals surface area contributed by atoms with E-state index in [-0.39, 0.29) is 0 Å². The lowest BCUT2D eigenvalue weighted by molar-refractivity contribution is -0.383. The fraction of sp³-hybridized carbons (Fsp3) is 0.944. The van der Waals surface area contributed by atoms with Gasteiger partial charge >= 0.3 is 13.8 Å². The van der Waals surface area contributed by atoms with Crippen LogP contribution in [0.2, 0.25) is 0 Å². The second-order valence-electron chi connectivity index (χ2n) is 8.73. The number of carbonyl (C=O) groups is 1. The Morgan fingerprint density at radius 3 is 2.03 bits per heavy atom. The summed E-state index contributed by atoms with van der Waals surface area (Å²) in [5.41, 5.74) is 0. The van der Waals surface area contributed by atoms with Gasteiger partial charge in [-0.1, -0.05) is 0 Å². The van der Waals surface area contributed by atoms with Crippen LogP contribution in [-0.4, -0.2) is 178 Å². The van der Waals surface area contributed by atoms with Crippen molar-refractivity contribution in [3.05, 3.63) is 0 Å². The molecule has 0 aliphatic carbocycles. The predicted molar refractivity (Wildman–Crippen MR) is 115 cm³/mol. The minimum Gasteiger partial charge on any atom is -0.394 e. The van der Waals surface area contributed by atoms with Crippen molar-refractivity contribution in [2.75, 3.05) is 26.4 Å². The highest BCUT2D eigenvalue weighted by Gasteiger charge is 2.58. The van der Waals surface area contributed by atoms with Crippen LogP contribution in [0.1, 0.15) is 0 Å². The number of phosphoric acid groups is 1. The fourth-order valence-electron chi connectivity index (χ4n) is 3.64. The van der Waals surface area contributed by atoms with Crippen molar-refractivity contribution in [3.63, 3.8) is 0 Å². The SMILES string of the molecule is O=C(OP(=O)(O)OC[C@H]1O[C@H](O[C@]2(CO)O[C@H](CO)[C@@H](O)[C@@H]2O)[C@H](O)[C@@H](O)[C@@H]1O)[C@H](O)[C@@H](O)[C@H](O)[C@H](O)CO. The molecule has 0 spiro atoms. The first kappa shape index (κ1) is 34.2. The van der Waals surface area contributed by atoms with E-state index in [1.807, 2.05) is 0 Å². The Morgan fingerprint density at radius 1 is 0.897 bits per heavy atom. The number of carbonyl (C=O) groups excluding carboxylic acids is 1. The Kier molecular flexibility index (Phi) is 12.1. The monoisotopic (exact) mass is 600 g/mol. The molecule has 39 heavy (non-hydrogen) atoms. The molecule has 2 saturated heterocycles. The summed E-state index contributed by atoms with van der Waals surface area (Å²) in [5.74, 6) is -4.52. The Labute approximate surface area is 219 Å². The normalized spacial score (nSPS) is 39.9. The number of ether oxygens (including phenoxy) is 3. The predicted octanol–water partition coefficient (Wildman–Crippen LogP) is -8.29. The van der Waals surface area contributed by atoms with Crippen molar-refractivity contribution in [1.29, 1.82) is 0 Å². The van der Waals surface area contributed by atoms with Gasteiger partial charge in [-0.2, -0.15) is 0 Å². The molecule has 14 atom stereocenters. The van der Waals surface area contributed by atoms with Crippen molar-refractivity contribution >= 4 is 13.8 Å². The highest BCUT2D eigenvalue weighted by Crippen LogP contribution is 2.45. The third-order valence-electron chi connectivity index (χ3n) is 5.99. The third-order valence-corrected chi connectivity index (χ3v) is 6.88. The van der Waals surface area contributed by atoms with Gasteiger partial charge in [-0.15, -0.1) is 0 Å². The van der Waals surface area contributed by atoms with E-state index < -0.39 is 119 Å². The van der Waals surface area contributed by atoms with Crippen LogP contribution in [0, 0.1) is 0 Å². The Bertz CT molecular complexity index is 847. The summed E-state index contributed by atoms with van der Waals surface area (Å²) in [7, 11) is -5.49. The number of aliphatic hydroxyl groups is 12. The highest BCUT2D eigenvalue weighted by molar-refractivity contribution is 7.48. The number of hydrogen-bond donors (Lipinski definition) is 13. The maximum absolute atomic E-state index is 12.1. The van der Waals surface area contributed by atoms with E-state index in [0.717, 1.165) is 0 Å². The van der Waals surface area contributed by atoms with Gasteiger partial charge in [0.25, 0.3) is 0 Å². The van der Waals surface area contributed by atoms with E-state index in [1.54, 1.807) is 0 Å². The summed E-state index contributed by atoms with van der Waals surface area (Å²) in [6.45, 7) is -4.27. The summed E-state index contributed by atoms with van der Waals surface area (Å²) in [4.78, 5) is 21.6. The molecular weight excluding hydrogens is 567 g/mol. The molecule has 0 aromatic carbocycles. The molecule has 2 rings (SSSR count). The molecule has 0 radical (unpaired) electrons. The number of phosphoric ester groups is 1. The summed E-state index contributed by atoms with van der Waals surface area (Å²) in [6.07, 6.45) is -24.9. The molecule has 1 unspecified atom stereocenters. The van der Waals surface area contributed by atoms with Gasteiger partial charge in [-0.25, -0.2) is 9.36 Å². The molecule has 2 aliphatic rings. The molecule has 13 N–H and O–H groups in total. The zero-order valence-electron chi connectivity index (χ0n) is 19.9. The molecular formula is C18H33O20P. The van der Waals surface area contributed by atoms with Gasteiger partial charge in [0.15, 0.2) is 12.4 Å². The second kappa shape index (κ2) is 13.8. The first-order valence-corrected chi connectivity index (χ1v) is 12.7. The molecule has 2 aliphatic heterocycles. The zero-order chi connectivity index (χ0) is 29.9. The van der Waals surface area contributed by atoms with Crippen LogP contribution in [0.3, 0.4) is 0 Å². The molecule has 0 amide bonds. The minimum absolute atomic E-state index is 0.827. The smallest absolute Gasteiger partial charge is 0.394 e. The van der Waals surface area contributed by atoms with Gasteiger partial charge in [0.1, 0.15) is 67.6 Å². The van der Waals surface area contributed by atoms with E-state index in [9.17, 15) is 70.4 Å². The van der Waals surface area contributed by atoms with Crippen LogP contribution in [0.5, 0.6) is 0 Å². The Balaban J connectivity index is 2.06. The van der Waals surface area contributed by atoms with E-state index in [0.29, 0.717) is 0 Å². The zero-order valence-corrected chi connectivity index (χ0v) is 20.8. The molecule has 0 aromatic rings. The molecule has 2 fully saturated rings. The molecule has 230 valence electrons. The van der Waals surface area contributed by atoms with Gasteiger partial charge in [0.05, 0.1) is 19.8 Å². The average molecular weight is 600 g/mol. The second-order valence-corrected chi connectivity index (χ2v) is 10.1. The quantitative estimate of drug-likeness (QED) is 0.0872. The van der Waals surface area contributed by atoms with Gasteiger partial charge < -0.3 is 80.0 Å². The van der Waals surface area contributed by atoms with E-state index in [2.05, 4.69) is 9.05 Å². The van der Waals surface area contributed by atoms with Crippen LogP contribution in [0.25, 0.3) is 0 Å². The van der Waals surface area contributed by atoms with E-state index in [1.165, 1.54) is 0 Å². The largest absolute Gasteiger partial charge is 0.529 e. The third kappa shape index (κ3) is 7.65. The number of aliphatic hydroxyl groups excluding tert-OH is 12. The number of rotatable bonds is 13. The van der Waals surface area contributed by atoms with Crippen LogP contribution in [-0.2, 0) is 32.6 Å². The summed E-state index contributed by atoms with van der Waals surface area (Å²) >= 11 is 0. The minimum atomic E-state index is -5.49. The standard InChI is InChI=1S/C18H33O20P/c19-1-5(22)8(23)11(26)13(28)16(31)38-39(32,33)34-3-7-9(24)12(27)14(29)17(35-7)37-18(4-21)15(30)10(25)6(2-20)36-18/h5-15,17,19-30H,1-4H2,(H,32,33)/t5-,6-,7-,8-,9-,10-,11+,12+,13-,14-,15+,17-,18+/m1/s1. The summed E-state index contributed by atoms with van der Waals surface area (Å²) < 4.78 is 36.2. The van der Waals surface area contributed by atoms with Crippen molar-refractivity contribution in [2.24, 2.45) is 0 Å². The van der Waals surface area contributed by atoms with Gasteiger partial charge in [0.2, 0.25) is 5.79 Å². The summed E-state index contributed by atoms with van der Waals surface area (Å²) in [5, 5.41) is 116. The van der Waals surface area contributed by atoms with Crippen LogP contribution in [0.4, 0.5) is 0 Å². The Hall–Kier alpha value is -0.980. The molecule has 2 heterocycles. The molecule has 0 saturated carbocycles. The first-order valence-electron chi connectivity index (χ1n) is 11.2. The van der Waals surface area contributed by atoms with Gasteiger partial charge in [-0.05, 0) is 0 Å². The van der Waals surface area contributed by atoms with Crippen LogP contribution >= 0.6 is 7.82 Å². The fourth-order valence-corrected chi connectivity index (χ4v) is 4.37. The lowest BCUT2D eigenvalue weighted by atomic mass is 9.99. The van der Waals surface area contributed by atoms with Crippen LogP contribution < -0.4 is 0 Å². The lowest BCUT2D eigenvalue weighted by Crippen LogP contribution is -2.62. The molecule has 0 aromatic heterocycles. The molecule has 0 bridgehead atoms. The van der Waals surface area contributed by atoms with E-state index in [4.69, 9.17) is 19.3 Å². The first-order chi connectivity index (χ1) is 18.1. The average Bonchev–Trinajstić information content (AvgIpc) is 3.15. The van der Waals surface area contributed by atoms with Crippen molar-refractivity contribution in [2.45, 2.75) is 79.2 Å². The highest BCUT2D eigenvalue weighted by atomic mass is 31.2. The van der Waals surface area contributed by atoms with Crippen molar-refractivity contribution in [3.8, 4) is 0 Å². The number of hydrogen-bond acceptors (Lipinski definition) is 19. The maximum atomic E-state index is 12.1. The van der Waals surface area contributed by atoms with Crippen LogP contribution in [0.15, 0.2) is 0 Å². The maximum Gasteiger partial charge on any atom is 0.529 e. The Morgan fingerprint density at radius 2 is 1.51 bits per heavy atom.